The summed E-state index contributed by atoms with van der Waals surface area (Å²) in [7, 11) is 0. The molecule has 1 aliphatic heterocycles. The Balaban J connectivity index is 0.000000335. The van der Waals surface area contributed by atoms with Crippen LogP contribution in [0, 0.1) is 11.3 Å². The zero-order valence-corrected chi connectivity index (χ0v) is 31.3. The maximum absolute atomic E-state index is 9.24. The Kier molecular flexibility index (Phi) is 13.1. The van der Waals surface area contributed by atoms with E-state index in [4.69, 9.17) is 10.7 Å². The standard InChI is InChI=1S/C40H30N2.C9H12N2.C2H4/c1-29(36-16-8-10-30(22-36)27-41)42-28-31-11-9-17-37(23-31)40-25-38(33-14-6-3-7-15-33)24-39(26-40)35-20-18-34(19-21-35)32-12-4-2-5-13-32;10-5-7-2-1-3-8(4-7)9-6-11-9;1-2/h2-26H,28H2,1H3;1-4,9,11H,5-6,10H2;1-2H2. The van der Waals surface area contributed by atoms with Crippen molar-refractivity contribution in [1.29, 1.82) is 5.26 Å². The zero-order valence-electron chi connectivity index (χ0n) is 31.3. The smallest absolute Gasteiger partial charge is 0.0991 e. The minimum Gasteiger partial charge on any atom is -0.326 e. The van der Waals surface area contributed by atoms with Gasteiger partial charge in [0.2, 0.25) is 0 Å². The van der Waals surface area contributed by atoms with E-state index in [0.29, 0.717) is 24.7 Å². The molecule has 0 bridgehead atoms. The van der Waals surface area contributed by atoms with Crippen LogP contribution in [0.2, 0.25) is 0 Å². The van der Waals surface area contributed by atoms with Crippen LogP contribution in [0.15, 0.2) is 194 Å². The van der Waals surface area contributed by atoms with Crippen molar-refractivity contribution in [3.05, 3.63) is 217 Å². The minimum absolute atomic E-state index is 0.572. The van der Waals surface area contributed by atoms with Gasteiger partial charge in [-0.3, -0.25) is 4.99 Å². The zero-order chi connectivity index (χ0) is 38.4. The van der Waals surface area contributed by atoms with Gasteiger partial charge < -0.3 is 11.1 Å². The molecular formula is C51H46N4. The molecule has 4 nitrogen and oxygen atoms in total. The molecule has 0 aliphatic carbocycles. The third-order valence-electron chi connectivity index (χ3n) is 9.53. The minimum atomic E-state index is 0.572. The molecule has 1 atom stereocenters. The lowest BCUT2D eigenvalue weighted by molar-refractivity contribution is 1.03. The van der Waals surface area contributed by atoms with Crippen molar-refractivity contribution < 1.29 is 0 Å². The quantitative estimate of drug-likeness (QED) is 0.0887. The molecule has 7 aromatic carbocycles. The second-order valence-electron chi connectivity index (χ2n) is 13.3. The van der Waals surface area contributed by atoms with Crippen LogP contribution in [-0.2, 0) is 13.1 Å². The van der Waals surface area contributed by atoms with E-state index in [1.165, 1.54) is 50.1 Å². The fourth-order valence-electron chi connectivity index (χ4n) is 6.44. The number of hydrogen-bond donors (Lipinski definition) is 2. The third kappa shape index (κ3) is 10.3. The highest BCUT2D eigenvalue weighted by molar-refractivity contribution is 5.99. The molecule has 1 saturated heterocycles. The molecule has 0 spiro atoms. The van der Waals surface area contributed by atoms with Gasteiger partial charge in [0.15, 0.2) is 0 Å². The summed E-state index contributed by atoms with van der Waals surface area (Å²) in [6, 6.07) is 64.2. The number of benzene rings is 7. The van der Waals surface area contributed by atoms with Gasteiger partial charge in [0, 0.05) is 24.8 Å². The van der Waals surface area contributed by atoms with E-state index < -0.39 is 0 Å². The van der Waals surface area contributed by atoms with Gasteiger partial charge >= 0.3 is 0 Å². The molecular weight excluding hydrogens is 669 g/mol. The van der Waals surface area contributed by atoms with E-state index in [1.54, 1.807) is 0 Å². The normalized spacial score (nSPS) is 13.0. The summed E-state index contributed by atoms with van der Waals surface area (Å²) >= 11 is 0. The molecule has 0 saturated carbocycles. The summed E-state index contributed by atoms with van der Waals surface area (Å²) in [4.78, 5) is 4.85. The Morgan fingerprint density at radius 1 is 0.600 bits per heavy atom. The van der Waals surface area contributed by atoms with Crippen LogP contribution < -0.4 is 11.1 Å². The summed E-state index contributed by atoms with van der Waals surface area (Å²) in [6.45, 7) is 10.3. The molecule has 1 fully saturated rings. The Morgan fingerprint density at radius 3 is 1.71 bits per heavy atom. The summed E-state index contributed by atoms with van der Waals surface area (Å²) in [5, 5.41) is 12.5. The Bertz CT molecular complexity index is 2390. The van der Waals surface area contributed by atoms with Crippen molar-refractivity contribution in [2.24, 2.45) is 10.7 Å². The van der Waals surface area contributed by atoms with Gasteiger partial charge in [0.05, 0.1) is 18.2 Å². The van der Waals surface area contributed by atoms with Crippen molar-refractivity contribution in [2.75, 3.05) is 6.54 Å². The first kappa shape index (κ1) is 38.1. The van der Waals surface area contributed by atoms with Gasteiger partial charge in [-0.15, -0.1) is 13.2 Å². The summed E-state index contributed by atoms with van der Waals surface area (Å²) < 4.78 is 0. The molecule has 0 radical (unpaired) electrons. The van der Waals surface area contributed by atoms with Gasteiger partial charge in [0.25, 0.3) is 0 Å². The molecule has 1 heterocycles. The molecule has 1 unspecified atom stereocenters. The van der Waals surface area contributed by atoms with Crippen LogP contribution in [0.5, 0.6) is 0 Å². The molecule has 0 amide bonds. The molecule has 270 valence electrons. The van der Waals surface area contributed by atoms with E-state index in [2.05, 4.69) is 170 Å². The number of nitrogens with one attached hydrogen (secondary N) is 1. The summed E-state index contributed by atoms with van der Waals surface area (Å²) in [5.41, 5.74) is 21.3. The Hall–Kier alpha value is -6.64. The lowest BCUT2D eigenvalue weighted by atomic mass is 9.92. The van der Waals surface area contributed by atoms with Crippen molar-refractivity contribution in [3.8, 4) is 50.6 Å². The number of hydrogen-bond acceptors (Lipinski definition) is 4. The van der Waals surface area contributed by atoms with Gasteiger partial charge in [-0.25, -0.2) is 0 Å². The average molecular weight is 715 g/mol. The van der Waals surface area contributed by atoms with Crippen LogP contribution in [-0.4, -0.2) is 12.3 Å². The van der Waals surface area contributed by atoms with Crippen LogP contribution in [0.3, 0.4) is 0 Å². The van der Waals surface area contributed by atoms with Crippen molar-refractivity contribution in [3.63, 3.8) is 0 Å². The molecule has 0 aromatic heterocycles. The number of nitriles is 1. The first-order valence-electron chi connectivity index (χ1n) is 18.6. The van der Waals surface area contributed by atoms with Crippen molar-refractivity contribution >= 4 is 5.71 Å². The van der Waals surface area contributed by atoms with Crippen LogP contribution in [0.25, 0.3) is 44.5 Å². The van der Waals surface area contributed by atoms with E-state index in [1.807, 2.05) is 37.3 Å². The van der Waals surface area contributed by atoms with Crippen LogP contribution in [0.4, 0.5) is 0 Å². The van der Waals surface area contributed by atoms with E-state index >= 15 is 0 Å². The second-order valence-corrected chi connectivity index (χ2v) is 13.3. The molecule has 7 aromatic rings. The van der Waals surface area contributed by atoms with Crippen molar-refractivity contribution in [2.45, 2.75) is 26.1 Å². The van der Waals surface area contributed by atoms with Crippen molar-refractivity contribution in [1.82, 2.24) is 5.32 Å². The predicted octanol–water partition coefficient (Wildman–Crippen LogP) is 11.8. The third-order valence-corrected chi connectivity index (χ3v) is 9.53. The predicted molar refractivity (Wildman–Crippen MR) is 232 cm³/mol. The average Bonchev–Trinajstić information content (AvgIpc) is 4.13. The van der Waals surface area contributed by atoms with Gasteiger partial charge in [-0.05, 0) is 110 Å². The maximum atomic E-state index is 9.24. The molecule has 1 aliphatic rings. The lowest BCUT2D eigenvalue weighted by Gasteiger charge is -2.13. The summed E-state index contributed by atoms with van der Waals surface area (Å²) in [5.74, 6) is 0. The maximum Gasteiger partial charge on any atom is 0.0991 e. The number of rotatable bonds is 9. The highest BCUT2D eigenvalue weighted by atomic mass is 15.1. The first-order valence-corrected chi connectivity index (χ1v) is 18.6. The highest BCUT2D eigenvalue weighted by Gasteiger charge is 2.21. The Labute approximate surface area is 326 Å². The van der Waals surface area contributed by atoms with E-state index in [9.17, 15) is 5.26 Å². The second kappa shape index (κ2) is 18.9. The first-order chi connectivity index (χ1) is 27.1. The Morgan fingerprint density at radius 2 is 1.11 bits per heavy atom. The SMILES string of the molecule is C=C.CC(=NCc1cccc(-c2cc(-c3ccccc3)cc(-c3ccc(-c4ccccc4)cc3)c2)c1)c1cccc(C#N)c1.NCc1cccc(C2CN2)c1. The number of nitrogens with zero attached hydrogens (tertiary/aromatic N) is 2. The van der Waals surface area contributed by atoms with E-state index in [-0.39, 0.29) is 0 Å². The number of nitrogens with two attached hydrogens (primary N) is 1. The highest BCUT2D eigenvalue weighted by Crippen LogP contribution is 2.34. The molecule has 8 rings (SSSR count). The lowest BCUT2D eigenvalue weighted by Crippen LogP contribution is -1.96. The monoisotopic (exact) mass is 714 g/mol. The van der Waals surface area contributed by atoms with Gasteiger partial charge in [0.1, 0.15) is 0 Å². The molecule has 3 N–H and O–H groups in total. The molecule has 55 heavy (non-hydrogen) atoms. The molecule has 4 heteroatoms. The van der Waals surface area contributed by atoms with Gasteiger partial charge in [-0.2, -0.15) is 5.26 Å². The fraction of sp³-hybridized carbons (Fsp3) is 0.0980. The fourth-order valence-corrected chi connectivity index (χ4v) is 6.44. The largest absolute Gasteiger partial charge is 0.326 e. The van der Waals surface area contributed by atoms with Crippen LogP contribution in [0.1, 0.15) is 40.8 Å². The topological polar surface area (TPSA) is 84.1 Å². The van der Waals surface area contributed by atoms with Gasteiger partial charge in [-0.1, -0.05) is 140 Å². The number of aliphatic imine (C=N–C) groups is 1. The summed E-state index contributed by atoms with van der Waals surface area (Å²) in [6.07, 6.45) is 0. The van der Waals surface area contributed by atoms with E-state index in [0.717, 1.165) is 28.9 Å². The van der Waals surface area contributed by atoms with Crippen LogP contribution >= 0.6 is 0 Å².